The highest BCUT2D eigenvalue weighted by molar-refractivity contribution is 6.29. The summed E-state index contributed by atoms with van der Waals surface area (Å²) in [6.45, 7) is 0.733. The van der Waals surface area contributed by atoms with Crippen molar-refractivity contribution in [3.8, 4) is 0 Å². The zero-order valence-corrected chi connectivity index (χ0v) is 11.9. The number of aliphatic hydroxyl groups is 1. The fraction of sp³-hybridized carbons (Fsp3) is 0.357. The molecule has 6 nitrogen and oxygen atoms in total. The van der Waals surface area contributed by atoms with Crippen molar-refractivity contribution in [2.24, 2.45) is 5.92 Å². The molecule has 7 heteroatoms. The van der Waals surface area contributed by atoms with Crippen LogP contribution in [-0.2, 0) is 6.42 Å². The Bertz CT molecular complexity index is 631. The first-order chi connectivity index (χ1) is 10.1. The number of furan rings is 1. The molecule has 3 rings (SSSR count). The van der Waals surface area contributed by atoms with Gasteiger partial charge in [-0.3, -0.25) is 14.8 Å². The molecule has 2 aromatic heterocycles. The zero-order chi connectivity index (χ0) is 14.8. The van der Waals surface area contributed by atoms with E-state index in [9.17, 15) is 9.90 Å². The van der Waals surface area contributed by atoms with Crippen molar-refractivity contribution in [2.75, 3.05) is 13.1 Å². The third-order valence-corrected chi connectivity index (χ3v) is 3.77. The highest BCUT2D eigenvalue weighted by Crippen LogP contribution is 2.23. The average molecular weight is 308 g/mol. The number of nitrogens with zero attached hydrogens (tertiary/aromatic N) is 3. The van der Waals surface area contributed by atoms with Crippen LogP contribution in [0.5, 0.6) is 0 Å². The van der Waals surface area contributed by atoms with E-state index in [0.717, 1.165) is 5.69 Å². The van der Waals surface area contributed by atoms with E-state index in [-0.39, 0.29) is 29.3 Å². The minimum atomic E-state index is -0.582. The van der Waals surface area contributed by atoms with Gasteiger partial charge >= 0.3 is 0 Å². The van der Waals surface area contributed by atoms with Crippen LogP contribution in [0.15, 0.2) is 35.1 Å². The van der Waals surface area contributed by atoms with Crippen LogP contribution in [0.1, 0.15) is 16.2 Å². The number of rotatable bonds is 3. The van der Waals surface area contributed by atoms with E-state index in [2.05, 4.69) is 9.97 Å². The third-order valence-electron chi connectivity index (χ3n) is 3.57. The van der Waals surface area contributed by atoms with Crippen molar-refractivity contribution in [3.05, 3.63) is 47.4 Å². The van der Waals surface area contributed by atoms with E-state index in [1.165, 1.54) is 12.1 Å². The second-order valence-corrected chi connectivity index (χ2v) is 5.41. The number of hydrogen-bond acceptors (Lipinski definition) is 5. The summed E-state index contributed by atoms with van der Waals surface area (Å²) >= 11 is 5.67. The SMILES string of the molecule is O=C(c1ccc(Cl)o1)N1C[C@@H](Cc2cnccn2)[C@H](O)C1. The Kier molecular flexibility index (Phi) is 3.90. The predicted octanol–water partition coefficient (Wildman–Crippen LogP) is 1.40. The number of halogens is 1. The molecule has 0 aliphatic carbocycles. The maximum absolute atomic E-state index is 12.2. The highest BCUT2D eigenvalue weighted by atomic mass is 35.5. The van der Waals surface area contributed by atoms with Crippen molar-refractivity contribution < 1.29 is 14.3 Å². The lowest BCUT2D eigenvalue weighted by Gasteiger charge is -2.14. The standard InChI is InChI=1S/C14H14ClN3O3/c15-13-2-1-12(21-13)14(20)18-7-9(11(19)8-18)5-10-6-16-3-4-17-10/h1-4,6,9,11,19H,5,7-8H2/t9-,11-/m1/s1. The van der Waals surface area contributed by atoms with Crippen molar-refractivity contribution in [3.63, 3.8) is 0 Å². The quantitative estimate of drug-likeness (QED) is 0.927. The third kappa shape index (κ3) is 3.06. The number of hydrogen-bond donors (Lipinski definition) is 1. The second kappa shape index (κ2) is 5.83. The monoisotopic (exact) mass is 307 g/mol. The molecule has 0 unspecified atom stereocenters. The Morgan fingerprint density at radius 3 is 2.95 bits per heavy atom. The number of aromatic nitrogens is 2. The minimum absolute atomic E-state index is 0.0592. The number of likely N-dealkylation sites (tertiary alicyclic amines) is 1. The number of β-amino-alcohol motifs (C(OH)–C–C–N with tert-alkyl or cyclic N) is 1. The molecule has 1 aliphatic rings. The molecule has 1 saturated heterocycles. The average Bonchev–Trinajstić information content (AvgIpc) is 3.06. The van der Waals surface area contributed by atoms with Gasteiger partial charge in [0, 0.05) is 37.6 Å². The first-order valence-corrected chi connectivity index (χ1v) is 6.99. The highest BCUT2D eigenvalue weighted by Gasteiger charge is 2.35. The molecule has 0 radical (unpaired) electrons. The van der Waals surface area contributed by atoms with Crippen LogP contribution >= 0.6 is 11.6 Å². The van der Waals surface area contributed by atoms with Crippen LogP contribution in [-0.4, -0.2) is 45.1 Å². The molecule has 1 amide bonds. The molecule has 0 spiro atoms. The van der Waals surface area contributed by atoms with Gasteiger partial charge in [-0.1, -0.05) is 0 Å². The van der Waals surface area contributed by atoms with Gasteiger partial charge in [-0.05, 0) is 30.2 Å². The number of amides is 1. The summed E-state index contributed by atoms with van der Waals surface area (Å²) in [6.07, 6.45) is 4.89. The summed E-state index contributed by atoms with van der Waals surface area (Å²) in [5.74, 6) is -0.133. The zero-order valence-electron chi connectivity index (χ0n) is 11.1. The van der Waals surface area contributed by atoms with Crippen molar-refractivity contribution in [2.45, 2.75) is 12.5 Å². The molecule has 21 heavy (non-hydrogen) atoms. The summed E-state index contributed by atoms with van der Waals surface area (Å²) in [6, 6.07) is 3.06. The number of aliphatic hydroxyl groups excluding tert-OH is 1. The summed E-state index contributed by atoms with van der Waals surface area (Å²) < 4.78 is 5.12. The molecule has 0 bridgehead atoms. The van der Waals surface area contributed by atoms with Gasteiger partial charge in [0.15, 0.2) is 11.0 Å². The van der Waals surface area contributed by atoms with Gasteiger partial charge in [0.2, 0.25) is 0 Å². The first kappa shape index (κ1) is 14.0. The molecular weight excluding hydrogens is 294 g/mol. The van der Waals surface area contributed by atoms with Gasteiger partial charge in [-0.2, -0.15) is 0 Å². The molecule has 110 valence electrons. The van der Waals surface area contributed by atoms with Gasteiger partial charge in [0.05, 0.1) is 11.8 Å². The molecule has 0 saturated carbocycles. The minimum Gasteiger partial charge on any atom is -0.440 e. The van der Waals surface area contributed by atoms with Crippen LogP contribution in [0.2, 0.25) is 5.22 Å². The molecule has 1 fully saturated rings. The predicted molar refractivity (Wildman–Crippen MR) is 74.9 cm³/mol. The molecule has 2 atom stereocenters. The topological polar surface area (TPSA) is 79.5 Å². The Balaban J connectivity index is 1.67. The van der Waals surface area contributed by atoms with E-state index in [4.69, 9.17) is 16.0 Å². The van der Waals surface area contributed by atoms with E-state index in [1.807, 2.05) is 0 Å². The summed E-state index contributed by atoms with van der Waals surface area (Å²) in [5.41, 5.74) is 0.803. The van der Waals surface area contributed by atoms with Crippen molar-refractivity contribution >= 4 is 17.5 Å². The van der Waals surface area contributed by atoms with E-state index in [0.29, 0.717) is 13.0 Å². The maximum atomic E-state index is 12.2. The normalized spacial score (nSPS) is 21.7. The lowest BCUT2D eigenvalue weighted by Crippen LogP contribution is -2.29. The molecular formula is C14H14ClN3O3. The Morgan fingerprint density at radius 1 is 1.43 bits per heavy atom. The largest absolute Gasteiger partial charge is 0.440 e. The van der Waals surface area contributed by atoms with Crippen molar-refractivity contribution in [1.82, 2.24) is 14.9 Å². The smallest absolute Gasteiger partial charge is 0.289 e. The van der Waals surface area contributed by atoms with E-state index in [1.54, 1.807) is 23.5 Å². The second-order valence-electron chi connectivity index (χ2n) is 5.04. The Morgan fingerprint density at radius 2 is 2.29 bits per heavy atom. The van der Waals surface area contributed by atoms with E-state index >= 15 is 0 Å². The van der Waals surface area contributed by atoms with Crippen LogP contribution in [0, 0.1) is 5.92 Å². The van der Waals surface area contributed by atoms with Gasteiger partial charge in [-0.15, -0.1) is 0 Å². The molecule has 1 aliphatic heterocycles. The van der Waals surface area contributed by atoms with E-state index < -0.39 is 6.10 Å². The van der Waals surface area contributed by atoms with Crippen LogP contribution in [0.3, 0.4) is 0 Å². The summed E-state index contributed by atoms with van der Waals surface area (Å²) in [4.78, 5) is 22.0. The molecule has 2 aromatic rings. The first-order valence-electron chi connectivity index (χ1n) is 6.61. The molecule has 1 N–H and O–H groups in total. The lowest BCUT2D eigenvalue weighted by atomic mass is 10.0. The van der Waals surface area contributed by atoms with Gasteiger partial charge in [-0.25, -0.2) is 0 Å². The van der Waals surface area contributed by atoms with Crippen LogP contribution < -0.4 is 0 Å². The lowest BCUT2D eigenvalue weighted by molar-refractivity contribution is 0.0733. The fourth-order valence-electron chi connectivity index (χ4n) is 2.51. The fourth-order valence-corrected chi connectivity index (χ4v) is 2.66. The van der Waals surface area contributed by atoms with Gasteiger partial charge in [0.1, 0.15) is 0 Å². The summed E-state index contributed by atoms with van der Waals surface area (Å²) in [5, 5.41) is 10.3. The maximum Gasteiger partial charge on any atom is 0.289 e. The number of carbonyl (C=O) groups is 1. The molecule has 0 aromatic carbocycles. The van der Waals surface area contributed by atoms with Gasteiger partial charge in [0.25, 0.3) is 5.91 Å². The molecule has 3 heterocycles. The van der Waals surface area contributed by atoms with Crippen LogP contribution in [0.4, 0.5) is 0 Å². The Hall–Kier alpha value is -1.92. The number of carbonyl (C=O) groups excluding carboxylic acids is 1. The summed E-state index contributed by atoms with van der Waals surface area (Å²) in [7, 11) is 0. The van der Waals surface area contributed by atoms with Gasteiger partial charge < -0.3 is 14.4 Å². The van der Waals surface area contributed by atoms with Crippen molar-refractivity contribution in [1.29, 1.82) is 0 Å². The Labute approximate surface area is 126 Å². The van der Waals surface area contributed by atoms with Crippen LogP contribution in [0.25, 0.3) is 0 Å².